The van der Waals surface area contributed by atoms with Crippen LogP contribution >= 0.6 is 11.6 Å². The number of carbonyl (C=O) groups excluding carboxylic acids is 1. The van der Waals surface area contributed by atoms with Gasteiger partial charge in [-0.15, -0.1) is 0 Å². The maximum Gasteiger partial charge on any atom is 0.258 e. The lowest BCUT2D eigenvalue weighted by Gasteiger charge is -2.08. The van der Waals surface area contributed by atoms with Gasteiger partial charge >= 0.3 is 0 Å². The first-order valence-corrected chi connectivity index (χ1v) is 6.80. The molecule has 112 valence electrons. The van der Waals surface area contributed by atoms with Gasteiger partial charge in [-0.25, -0.2) is 4.39 Å². The fraction of sp³-hybridized carbons (Fsp3) is 0.125. The van der Waals surface area contributed by atoms with Gasteiger partial charge in [0, 0.05) is 12.6 Å². The molecule has 2 aromatic carbocycles. The molecule has 0 atom stereocenters. The van der Waals surface area contributed by atoms with E-state index in [2.05, 4.69) is 5.32 Å². The number of carbonyl (C=O) groups is 1. The van der Waals surface area contributed by atoms with Crippen LogP contribution in [0.2, 0.25) is 5.02 Å². The number of hydrogen-bond acceptors (Lipinski definition) is 3. The van der Waals surface area contributed by atoms with Crippen LogP contribution in [0.4, 0.5) is 4.39 Å². The van der Waals surface area contributed by atoms with Gasteiger partial charge in [0.1, 0.15) is 11.6 Å². The molecule has 0 saturated carbocycles. The van der Waals surface area contributed by atoms with Gasteiger partial charge in [-0.1, -0.05) is 23.7 Å². The third-order valence-corrected chi connectivity index (χ3v) is 3.10. The Kier molecular flexibility index (Phi) is 5.34. The Morgan fingerprint density at radius 2 is 2.14 bits per heavy atom. The second-order valence-corrected chi connectivity index (χ2v) is 4.86. The van der Waals surface area contributed by atoms with E-state index < -0.39 is 5.82 Å². The molecule has 1 amide bonds. The van der Waals surface area contributed by atoms with E-state index in [1.165, 1.54) is 18.2 Å². The van der Waals surface area contributed by atoms with Crippen LogP contribution in [-0.2, 0) is 11.3 Å². The number of nitrogens with one attached hydrogen (secondary N) is 1. The van der Waals surface area contributed by atoms with E-state index in [1.807, 2.05) is 12.1 Å². The maximum absolute atomic E-state index is 13.0. The molecular weight excluding hydrogens is 307 g/mol. The molecule has 0 aliphatic rings. The Hall–Kier alpha value is -2.58. The topological polar surface area (TPSA) is 62.1 Å². The van der Waals surface area contributed by atoms with Crippen LogP contribution in [0.25, 0.3) is 0 Å². The lowest BCUT2D eigenvalue weighted by atomic mass is 10.1. The summed E-state index contributed by atoms with van der Waals surface area (Å²) in [6, 6.07) is 12.8. The summed E-state index contributed by atoms with van der Waals surface area (Å²) < 4.78 is 18.2. The number of rotatable bonds is 5. The fourth-order valence-electron chi connectivity index (χ4n) is 1.72. The Labute approximate surface area is 132 Å². The highest BCUT2D eigenvalue weighted by molar-refractivity contribution is 6.30. The second kappa shape index (κ2) is 7.43. The van der Waals surface area contributed by atoms with Gasteiger partial charge in [0.15, 0.2) is 6.61 Å². The summed E-state index contributed by atoms with van der Waals surface area (Å²) in [6.45, 7) is 0.0851. The number of ether oxygens (including phenoxy) is 1. The molecule has 6 heteroatoms. The first kappa shape index (κ1) is 15.8. The number of benzene rings is 2. The van der Waals surface area contributed by atoms with Crippen LogP contribution in [0, 0.1) is 17.1 Å². The van der Waals surface area contributed by atoms with Gasteiger partial charge in [-0.2, -0.15) is 5.26 Å². The summed E-state index contributed by atoms with van der Waals surface area (Å²) in [4.78, 5) is 11.7. The fourth-order valence-corrected chi connectivity index (χ4v) is 1.89. The van der Waals surface area contributed by atoms with Crippen molar-refractivity contribution < 1.29 is 13.9 Å². The van der Waals surface area contributed by atoms with Gasteiger partial charge in [-0.3, -0.25) is 4.79 Å². The zero-order valence-corrected chi connectivity index (χ0v) is 12.2. The van der Waals surface area contributed by atoms with E-state index in [0.717, 1.165) is 5.56 Å². The molecule has 0 fully saturated rings. The molecule has 1 N–H and O–H groups in total. The van der Waals surface area contributed by atoms with E-state index in [1.54, 1.807) is 18.2 Å². The summed E-state index contributed by atoms with van der Waals surface area (Å²) in [6.07, 6.45) is 0. The van der Waals surface area contributed by atoms with E-state index in [9.17, 15) is 9.18 Å². The number of halogens is 2. The number of nitriles is 1. The molecule has 0 spiro atoms. The van der Waals surface area contributed by atoms with Crippen molar-refractivity contribution in [1.82, 2.24) is 5.32 Å². The molecule has 0 radical (unpaired) electrons. The summed E-state index contributed by atoms with van der Waals surface area (Å²) in [5.41, 5.74) is 1.35. The molecule has 0 aliphatic heterocycles. The first-order valence-electron chi connectivity index (χ1n) is 6.42. The second-order valence-electron chi connectivity index (χ2n) is 4.45. The molecule has 0 saturated heterocycles. The minimum atomic E-state index is -0.546. The van der Waals surface area contributed by atoms with Gasteiger partial charge in [0.05, 0.1) is 16.7 Å². The molecule has 0 heterocycles. The third-order valence-electron chi connectivity index (χ3n) is 2.81. The van der Waals surface area contributed by atoms with Crippen molar-refractivity contribution in [3.63, 3.8) is 0 Å². The summed E-state index contributed by atoms with van der Waals surface area (Å²) in [5, 5.41) is 11.4. The molecule has 0 aromatic heterocycles. The molecule has 2 rings (SSSR count). The van der Waals surface area contributed by atoms with Crippen LogP contribution in [0.15, 0.2) is 42.5 Å². The highest BCUT2D eigenvalue weighted by atomic mass is 35.5. The summed E-state index contributed by atoms with van der Waals surface area (Å²) in [7, 11) is 0. The third kappa shape index (κ3) is 4.47. The van der Waals surface area contributed by atoms with Crippen molar-refractivity contribution >= 4 is 17.5 Å². The Bertz CT molecular complexity index is 728. The first-order chi connectivity index (χ1) is 10.6. The van der Waals surface area contributed by atoms with Crippen molar-refractivity contribution in [3.8, 4) is 11.8 Å². The minimum absolute atomic E-state index is 0.0637. The smallest absolute Gasteiger partial charge is 0.258 e. The summed E-state index contributed by atoms with van der Waals surface area (Å²) >= 11 is 5.62. The van der Waals surface area contributed by atoms with Crippen LogP contribution in [0.5, 0.6) is 5.75 Å². The number of amides is 1. The largest absolute Gasteiger partial charge is 0.484 e. The molecule has 0 unspecified atom stereocenters. The lowest BCUT2D eigenvalue weighted by molar-refractivity contribution is -0.123. The Balaban J connectivity index is 1.83. The van der Waals surface area contributed by atoms with Crippen LogP contribution in [-0.4, -0.2) is 12.5 Å². The van der Waals surface area contributed by atoms with Gasteiger partial charge in [0.25, 0.3) is 5.91 Å². The number of nitrogens with zero attached hydrogens (tertiary/aromatic N) is 1. The van der Waals surface area contributed by atoms with Gasteiger partial charge in [0.2, 0.25) is 0 Å². The zero-order valence-electron chi connectivity index (χ0n) is 11.5. The summed E-state index contributed by atoms with van der Waals surface area (Å²) in [5.74, 6) is -0.563. The van der Waals surface area contributed by atoms with E-state index in [-0.39, 0.29) is 17.5 Å². The molecule has 0 aliphatic carbocycles. The molecular formula is C16H12ClFN2O2. The lowest BCUT2D eigenvalue weighted by Crippen LogP contribution is -2.28. The quantitative estimate of drug-likeness (QED) is 0.921. The van der Waals surface area contributed by atoms with Crippen LogP contribution in [0.1, 0.15) is 11.1 Å². The Morgan fingerprint density at radius 1 is 1.32 bits per heavy atom. The highest BCUT2D eigenvalue weighted by Crippen LogP contribution is 2.20. The molecule has 4 nitrogen and oxygen atoms in total. The van der Waals surface area contributed by atoms with Crippen molar-refractivity contribution in [2.45, 2.75) is 6.54 Å². The van der Waals surface area contributed by atoms with Crippen molar-refractivity contribution in [1.29, 1.82) is 5.26 Å². The van der Waals surface area contributed by atoms with Crippen molar-refractivity contribution in [2.75, 3.05) is 6.61 Å². The molecule has 22 heavy (non-hydrogen) atoms. The predicted molar refractivity (Wildman–Crippen MR) is 79.9 cm³/mol. The maximum atomic E-state index is 13.0. The predicted octanol–water partition coefficient (Wildman–Crippen LogP) is 3.05. The van der Waals surface area contributed by atoms with E-state index in [4.69, 9.17) is 21.6 Å². The SMILES string of the molecule is N#Cc1cccc(CNC(=O)COc2ccc(F)c(Cl)c2)c1. The minimum Gasteiger partial charge on any atom is -0.484 e. The van der Waals surface area contributed by atoms with Crippen molar-refractivity contribution in [3.05, 3.63) is 64.4 Å². The van der Waals surface area contributed by atoms with Gasteiger partial charge < -0.3 is 10.1 Å². The highest BCUT2D eigenvalue weighted by Gasteiger charge is 2.05. The average Bonchev–Trinajstić information content (AvgIpc) is 2.54. The Morgan fingerprint density at radius 3 is 2.86 bits per heavy atom. The standard InChI is InChI=1S/C16H12ClFN2O2/c17-14-7-13(4-5-15(14)18)22-10-16(21)20-9-12-3-1-2-11(6-12)8-19/h1-7H,9-10H2,(H,20,21). The van der Waals surface area contributed by atoms with Gasteiger partial charge in [-0.05, 0) is 29.8 Å². The van der Waals surface area contributed by atoms with Crippen molar-refractivity contribution in [2.24, 2.45) is 0 Å². The number of hydrogen-bond donors (Lipinski definition) is 1. The zero-order chi connectivity index (χ0) is 15.9. The van der Waals surface area contributed by atoms with E-state index >= 15 is 0 Å². The average molecular weight is 319 g/mol. The molecule has 2 aromatic rings. The normalized spacial score (nSPS) is 9.86. The monoisotopic (exact) mass is 318 g/mol. The van der Waals surface area contributed by atoms with Crippen LogP contribution < -0.4 is 10.1 Å². The molecule has 0 bridgehead atoms. The van der Waals surface area contributed by atoms with Crippen LogP contribution in [0.3, 0.4) is 0 Å². The van der Waals surface area contributed by atoms with E-state index in [0.29, 0.717) is 17.9 Å².